The summed E-state index contributed by atoms with van der Waals surface area (Å²) in [5.74, 6) is 1.90. The Morgan fingerprint density at radius 1 is 1.29 bits per heavy atom. The molecule has 0 aliphatic carbocycles. The summed E-state index contributed by atoms with van der Waals surface area (Å²) in [6.45, 7) is 5.40. The topological polar surface area (TPSA) is 73.8 Å². The largest absolute Gasteiger partial charge is 0.483 e. The number of amides is 1. The molecule has 1 aromatic heterocycles. The number of benzene rings is 1. The van der Waals surface area contributed by atoms with E-state index in [1.165, 1.54) is 0 Å². The molecule has 0 unspecified atom stereocenters. The van der Waals surface area contributed by atoms with Crippen molar-refractivity contribution >= 4 is 5.91 Å². The van der Waals surface area contributed by atoms with Crippen LogP contribution in [0.2, 0.25) is 0 Å². The molecule has 3 heterocycles. The fraction of sp³-hybridized carbons (Fsp3) is 0.476. The van der Waals surface area contributed by atoms with Crippen molar-refractivity contribution in [2.24, 2.45) is 0 Å². The monoisotopic (exact) mass is 383 g/mol. The Bertz CT molecular complexity index is 833. The number of fused-ring (bicyclic) bond motifs is 1. The summed E-state index contributed by atoms with van der Waals surface area (Å²) in [4.78, 5) is 22.5. The molecule has 1 fully saturated rings. The van der Waals surface area contributed by atoms with Crippen LogP contribution < -0.4 is 14.2 Å². The van der Waals surface area contributed by atoms with Crippen molar-refractivity contribution in [1.29, 1.82) is 0 Å². The molecule has 28 heavy (non-hydrogen) atoms. The molecule has 0 N–H and O–H groups in total. The molecule has 2 aromatic rings. The second kappa shape index (κ2) is 7.66. The van der Waals surface area contributed by atoms with Crippen LogP contribution >= 0.6 is 0 Å². The zero-order valence-electron chi connectivity index (χ0n) is 16.3. The molecule has 1 amide bonds. The highest BCUT2D eigenvalue weighted by atomic mass is 16.5. The van der Waals surface area contributed by atoms with E-state index in [-0.39, 0.29) is 24.2 Å². The predicted octanol–water partition coefficient (Wildman–Crippen LogP) is 2.64. The zero-order valence-corrected chi connectivity index (χ0v) is 16.3. The van der Waals surface area contributed by atoms with E-state index in [0.29, 0.717) is 24.7 Å². The van der Waals surface area contributed by atoms with E-state index in [1.807, 2.05) is 23.1 Å². The smallest absolute Gasteiger partial charge is 0.260 e. The summed E-state index contributed by atoms with van der Waals surface area (Å²) in [6.07, 6.45) is 7.24. The Morgan fingerprint density at radius 2 is 2.11 bits per heavy atom. The van der Waals surface area contributed by atoms with E-state index in [0.717, 1.165) is 30.6 Å². The normalized spacial score (nSPS) is 18.3. The molecule has 0 atom stereocenters. The van der Waals surface area contributed by atoms with Gasteiger partial charge in [-0.3, -0.25) is 9.78 Å². The minimum absolute atomic E-state index is 0.00985. The van der Waals surface area contributed by atoms with Crippen LogP contribution in [0.25, 0.3) is 0 Å². The highest BCUT2D eigenvalue weighted by Crippen LogP contribution is 2.41. The van der Waals surface area contributed by atoms with Crippen molar-refractivity contribution in [1.82, 2.24) is 14.9 Å². The molecule has 4 rings (SSSR count). The first kappa shape index (κ1) is 18.5. The third-order valence-corrected chi connectivity index (χ3v) is 5.03. The van der Waals surface area contributed by atoms with E-state index < -0.39 is 0 Å². The maximum atomic E-state index is 12.6. The molecule has 148 valence electrons. The Labute approximate surface area is 164 Å². The number of aromatic nitrogens is 2. The average molecular weight is 383 g/mol. The van der Waals surface area contributed by atoms with E-state index in [1.54, 1.807) is 18.6 Å². The lowest BCUT2D eigenvalue weighted by Crippen LogP contribution is -2.43. The lowest BCUT2D eigenvalue weighted by Gasteiger charge is -2.31. The predicted molar refractivity (Wildman–Crippen MR) is 103 cm³/mol. The maximum Gasteiger partial charge on any atom is 0.260 e. The van der Waals surface area contributed by atoms with Crippen molar-refractivity contribution in [2.75, 3.05) is 19.7 Å². The first-order chi connectivity index (χ1) is 13.5. The molecule has 7 nitrogen and oxygen atoms in total. The number of para-hydroxylation sites is 1. The van der Waals surface area contributed by atoms with Crippen molar-refractivity contribution < 1.29 is 19.0 Å². The van der Waals surface area contributed by atoms with Crippen LogP contribution in [0, 0.1) is 0 Å². The molecule has 7 heteroatoms. The number of rotatable bonds is 5. The van der Waals surface area contributed by atoms with Crippen molar-refractivity contribution in [3.05, 3.63) is 42.4 Å². The molecule has 0 saturated carbocycles. The van der Waals surface area contributed by atoms with E-state index >= 15 is 0 Å². The van der Waals surface area contributed by atoms with Crippen LogP contribution in [-0.2, 0) is 11.2 Å². The number of carbonyl (C=O) groups is 1. The summed E-state index contributed by atoms with van der Waals surface area (Å²) in [5.41, 5.74) is 0.883. The van der Waals surface area contributed by atoms with E-state index in [4.69, 9.17) is 14.2 Å². The van der Waals surface area contributed by atoms with Crippen molar-refractivity contribution in [3.63, 3.8) is 0 Å². The number of piperidine rings is 1. The van der Waals surface area contributed by atoms with Gasteiger partial charge in [-0.15, -0.1) is 0 Å². The molecule has 2 aliphatic rings. The maximum absolute atomic E-state index is 12.6. The van der Waals surface area contributed by atoms with Gasteiger partial charge in [0.25, 0.3) is 5.91 Å². The van der Waals surface area contributed by atoms with Crippen LogP contribution in [0.15, 0.2) is 36.8 Å². The highest BCUT2D eigenvalue weighted by Gasteiger charge is 2.32. The number of carbonyl (C=O) groups excluding carboxylic acids is 1. The Balaban J connectivity index is 1.28. The molecular formula is C21H25N3O4. The quantitative estimate of drug-likeness (QED) is 0.790. The van der Waals surface area contributed by atoms with Crippen LogP contribution in [-0.4, -0.2) is 52.2 Å². The number of ether oxygens (including phenoxy) is 3. The highest BCUT2D eigenvalue weighted by molar-refractivity contribution is 5.78. The SMILES string of the molecule is CC1(C)Cc2cccc(OCC(=O)N3CCC(Oc4cnccn4)CC3)c2O1. The standard InChI is InChI=1S/C21H25N3O4/c1-21(2)12-15-4-3-5-17(20(15)28-21)26-14-19(25)24-10-6-16(7-11-24)27-18-13-22-8-9-23-18/h3-5,8-9,13,16H,6-7,10-12,14H2,1-2H3. The van der Waals surface area contributed by atoms with Gasteiger partial charge in [-0.2, -0.15) is 0 Å². The Kier molecular flexibility index (Phi) is 5.07. The number of hydrogen-bond acceptors (Lipinski definition) is 6. The number of nitrogens with zero attached hydrogens (tertiary/aromatic N) is 3. The molecular weight excluding hydrogens is 358 g/mol. The van der Waals surface area contributed by atoms with Gasteiger partial charge in [-0.05, 0) is 19.9 Å². The molecule has 1 saturated heterocycles. The first-order valence-electron chi connectivity index (χ1n) is 9.64. The minimum Gasteiger partial charge on any atom is -0.483 e. The Morgan fingerprint density at radius 3 is 2.86 bits per heavy atom. The molecule has 0 radical (unpaired) electrons. The van der Waals surface area contributed by atoms with Gasteiger partial charge >= 0.3 is 0 Å². The van der Waals surface area contributed by atoms with Gasteiger partial charge in [0.1, 0.15) is 11.7 Å². The second-order valence-electron chi connectivity index (χ2n) is 7.81. The van der Waals surface area contributed by atoms with Gasteiger partial charge in [0.05, 0.1) is 6.20 Å². The summed E-state index contributed by atoms with van der Waals surface area (Å²) in [5, 5.41) is 0. The van der Waals surface area contributed by atoms with Crippen LogP contribution in [0.1, 0.15) is 32.3 Å². The van der Waals surface area contributed by atoms with Gasteiger partial charge < -0.3 is 19.1 Å². The third-order valence-electron chi connectivity index (χ3n) is 5.03. The lowest BCUT2D eigenvalue weighted by atomic mass is 10.0. The first-order valence-corrected chi connectivity index (χ1v) is 9.64. The van der Waals surface area contributed by atoms with Crippen LogP contribution in [0.5, 0.6) is 17.4 Å². The second-order valence-corrected chi connectivity index (χ2v) is 7.81. The summed E-state index contributed by atoms with van der Waals surface area (Å²) < 4.78 is 17.6. The average Bonchev–Trinajstić information content (AvgIpc) is 3.02. The fourth-order valence-corrected chi connectivity index (χ4v) is 3.67. The van der Waals surface area contributed by atoms with Gasteiger partial charge in [-0.25, -0.2) is 4.98 Å². The zero-order chi connectivity index (χ0) is 19.6. The van der Waals surface area contributed by atoms with Gasteiger partial charge in [0, 0.05) is 50.3 Å². The van der Waals surface area contributed by atoms with Gasteiger partial charge in [-0.1, -0.05) is 12.1 Å². The summed E-state index contributed by atoms with van der Waals surface area (Å²) in [6, 6.07) is 5.84. The Hall–Kier alpha value is -2.83. The van der Waals surface area contributed by atoms with Crippen molar-refractivity contribution in [3.8, 4) is 17.4 Å². The minimum atomic E-state index is -0.239. The van der Waals surface area contributed by atoms with E-state index in [9.17, 15) is 4.79 Å². The summed E-state index contributed by atoms with van der Waals surface area (Å²) >= 11 is 0. The van der Waals surface area contributed by atoms with Crippen molar-refractivity contribution in [2.45, 2.75) is 44.8 Å². The van der Waals surface area contributed by atoms with Gasteiger partial charge in [0.15, 0.2) is 18.1 Å². The molecule has 0 bridgehead atoms. The van der Waals surface area contributed by atoms with Crippen LogP contribution in [0.3, 0.4) is 0 Å². The van der Waals surface area contributed by atoms with Crippen LogP contribution in [0.4, 0.5) is 0 Å². The lowest BCUT2D eigenvalue weighted by molar-refractivity contribution is -0.135. The number of likely N-dealkylation sites (tertiary alicyclic amines) is 1. The third kappa shape index (κ3) is 4.18. The number of hydrogen-bond donors (Lipinski definition) is 0. The summed E-state index contributed by atoms with van der Waals surface area (Å²) in [7, 11) is 0. The van der Waals surface area contributed by atoms with Gasteiger partial charge in [0.2, 0.25) is 5.88 Å². The molecule has 1 aromatic carbocycles. The van der Waals surface area contributed by atoms with E-state index in [2.05, 4.69) is 23.8 Å². The molecule has 2 aliphatic heterocycles. The fourth-order valence-electron chi connectivity index (χ4n) is 3.67. The molecule has 0 spiro atoms.